The second-order valence-corrected chi connectivity index (χ2v) is 4.23. The molecular formula is C12H10O3S. The monoisotopic (exact) mass is 234 g/mol. The van der Waals surface area contributed by atoms with Crippen LogP contribution in [0.5, 0.6) is 0 Å². The van der Waals surface area contributed by atoms with Crippen molar-refractivity contribution in [2.75, 3.05) is 7.11 Å². The van der Waals surface area contributed by atoms with E-state index in [-0.39, 0.29) is 12.2 Å². The summed E-state index contributed by atoms with van der Waals surface area (Å²) >= 11 is 1.50. The molecule has 0 atom stereocenters. The first-order valence-corrected chi connectivity index (χ1v) is 5.66. The van der Waals surface area contributed by atoms with Crippen LogP contribution in [0.1, 0.15) is 16.8 Å². The van der Waals surface area contributed by atoms with Crippen LogP contribution in [0.25, 0.3) is 10.1 Å². The second-order valence-electron chi connectivity index (χ2n) is 3.32. The number of hydrogen-bond acceptors (Lipinski definition) is 4. The normalized spacial score (nSPS) is 10.3. The molecule has 0 unspecified atom stereocenters. The van der Waals surface area contributed by atoms with E-state index in [4.69, 9.17) is 0 Å². The maximum absolute atomic E-state index is 11.8. The Morgan fingerprint density at radius 3 is 2.81 bits per heavy atom. The predicted molar refractivity (Wildman–Crippen MR) is 62.8 cm³/mol. The third-order valence-corrected chi connectivity index (χ3v) is 3.28. The van der Waals surface area contributed by atoms with Gasteiger partial charge in [-0.25, -0.2) is 0 Å². The molecule has 0 radical (unpaired) electrons. The summed E-state index contributed by atoms with van der Waals surface area (Å²) in [4.78, 5) is 22.8. The van der Waals surface area contributed by atoms with Gasteiger partial charge in [-0.15, -0.1) is 11.3 Å². The highest BCUT2D eigenvalue weighted by molar-refractivity contribution is 7.17. The summed E-state index contributed by atoms with van der Waals surface area (Å²) in [5.41, 5.74) is 0.603. The highest BCUT2D eigenvalue weighted by Crippen LogP contribution is 2.26. The molecular weight excluding hydrogens is 224 g/mol. The third-order valence-electron chi connectivity index (χ3n) is 2.31. The lowest BCUT2D eigenvalue weighted by Gasteiger charge is -1.98. The van der Waals surface area contributed by atoms with Gasteiger partial charge < -0.3 is 4.74 Å². The van der Waals surface area contributed by atoms with Gasteiger partial charge in [-0.3, -0.25) is 9.59 Å². The van der Waals surface area contributed by atoms with Gasteiger partial charge >= 0.3 is 5.97 Å². The van der Waals surface area contributed by atoms with Crippen molar-refractivity contribution in [2.24, 2.45) is 0 Å². The highest BCUT2D eigenvalue weighted by Gasteiger charge is 2.15. The maximum atomic E-state index is 11.8. The van der Waals surface area contributed by atoms with E-state index in [0.29, 0.717) is 5.56 Å². The van der Waals surface area contributed by atoms with Crippen molar-refractivity contribution in [1.82, 2.24) is 0 Å². The van der Waals surface area contributed by atoms with Crippen molar-refractivity contribution < 1.29 is 14.3 Å². The fourth-order valence-corrected chi connectivity index (χ4v) is 2.46. The Morgan fingerprint density at radius 2 is 2.06 bits per heavy atom. The average Bonchev–Trinajstić information content (AvgIpc) is 2.72. The molecule has 16 heavy (non-hydrogen) atoms. The van der Waals surface area contributed by atoms with Crippen molar-refractivity contribution in [3.05, 3.63) is 35.2 Å². The lowest BCUT2D eigenvalue weighted by molar-refractivity contribution is -0.139. The summed E-state index contributed by atoms with van der Waals surface area (Å²) in [6.45, 7) is 0. The number of methoxy groups -OCH3 is 1. The van der Waals surface area contributed by atoms with Gasteiger partial charge in [-0.05, 0) is 6.07 Å². The number of ketones is 1. The largest absolute Gasteiger partial charge is 0.469 e. The van der Waals surface area contributed by atoms with Gasteiger partial charge in [0.15, 0.2) is 5.78 Å². The number of fused-ring (bicyclic) bond motifs is 1. The molecule has 0 aliphatic rings. The number of rotatable bonds is 3. The first-order chi connectivity index (χ1) is 7.72. The van der Waals surface area contributed by atoms with Crippen LogP contribution in [0.2, 0.25) is 0 Å². The first-order valence-electron chi connectivity index (χ1n) is 4.78. The van der Waals surface area contributed by atoms with E-state index >= 15 is 0 Å². The number of ether oxygens (including phenoxy) is 1. The van der Waals surface area contributed by atoms with Gasteiger partial charge in [-0.2, -0.15) is 0 Å². The minimum absolute atomic E-state index is 0.190. The SMILES string of the molecule is COC(=O)CC(=O)c1csc2ccccc12. The molecule has 0 bridgehead atoms. The van der Waals surface area contributed by atoms with Gasteiger partial charge in [-0.1, -0.05) is 18.2 Å². The highest BCUT2D eigenvalue weighted by atomic mass is 32.1. The van der Waals surface area contributed by atoms with Crippen molar-refractivity contribution in [3.63, 3.8) is 0 Å². The van der Waals surface area contributed by atoms with Crippen molar-refractivity contribution in [2.45, 2.75) is 6.42 Å². The molecule has 3 nitrogen and oxygen atoms in total. The molecule has 2 rings (SSSR count). The Hall–Kier alpha value is -1.68. The molecule has 0 aliphatic heterocycles. The van der Waals surface area contributed by atoms with Crippen LogP contribution in [-0.4, -0.2) is 18.9 Å². The molecule has 1 aromatic carbocycles. The standard InChI is InChI=1S/C12H10O3S/c1-15-12(14)6-10(13)9-7-16-11-5-3-2-4-8(9)11/h2-5,7H,6H2,1H3. The Morgan fingerprint density at radius 1 is 1.31 bits per heavy atom. The fraction of sp³-hybridized carbons (Fsp3) is 0.167. The summed E-state index contributed by atoms with van der Waals surface area (Å²) in [7, 11) is 1.28. The molecule has 82 valence electrons. The van der Waals surface area contributed by atoms with Crippen LogP contribution < -0.4 is 0 Å². The number of thiophene rings is 1. The Bertz CT molecular complexity index is 542. The van der Waals surface area contributed by atoms with Crippen LogP contribution in [0.3, 0.4) is 0 Å². The van der Waals surface area contributed by atoms with E-state index in [1.54, 1.807) is 5.38 Å². The second kappa shape index (κ2) is 4.45. The van der Waals surface area contributed by atoms with E-state index < -0.39 is 5.97 Å². The molecule has 0 aliphatic carbocycles. The van der Waals surface area contributed by atoms with Crippen LogP contribution in [0, 0.1) is 0 Å². The maximum Gasteiger partial charge on any atom is 0.313 e. The van der Waals surface area contributed by atoms with Crippen LogP contribution >= 0.6 is 11.3 Å². The minimum atomic E-state index is -0.500. The van der Waals surface area contributed by atoms with E-state index in [1.807, 2.05) is 24.3 Å². The summed E-state index contributed by atoms with van der Waals surface area (Å²) in [5, 5.41) is 2.69. The van der Waals surface area contributed by atoms with E-state index in [9.17, 15) is 9.59 Å². The van der Waals surface area contributed by atoms with Gasteiger partial charge in [0.1, 0.15) is 6.42 Å². The average molecular weight is 234 g/mol. The van der Waals surface area contributed by atoms with E-state index in [1.165, 1.54) is 18.4 Å². The van der Waals surface area contributed by atoms with Gasteiger partial charge in [0.2, 0.25) is 0 Å². The zero-order valence-corrected chi connectivity index (χ0v) is 9.54. The van der Waals surface area contributed by atoms with Gasteiger partial charge in [0.05, 0.1) is 7.11 Å². The Kier molecular flexibility index (Phi) is 3.01. The number of carbonyl (C=O) groups is 2. The summed E-state index contributed by atoms with van der Waals surface area (Å²) in [6.07, 6.45) is -0.197. The zero-order valence-electron chi connectivity index (χ0n) is 8.73. The van der Waals surface area contributed by atoms with Crippen molar-refractivity contribution >= 4 is 33.2 Å². The summed E-state index contributed by atoms with van der Waals surface area (Å²) < 4.78 is 5.53. The smallest absolute Gasteiger partial charge is 0.313 e. The van der Waals surface area contributed by atoms with Crippen molar-refractivity contribution in [3.8, 4) is 0 Å². The van der Waals surface area contributed by atoms with E-state index in [0.717, 1.165) is 10.1 Å². The molecule has 0 saturated carbocycles. The number of esters is 1. The fourth-order valence-electron chi connectivity index (χ4n) is 1.49. The third kappa shape index (κ3) is 1.97. The lowest BCUT2D eigenvalue weighted by atomic mass is 10.1. The van der Waals surface area contributed by atoms with Crippen molar-refractivity contribution in [1.29, 1.82) is 0 Å². The molecule has 0 saturated heterocycles. The quantitative estimate of drug-likeness (QED) is 0.466. The molecule has 0 spiro atoms. The van der Waals surface area contributed by atoms with Crippen LogP contribution in [-0.2, 0) is 9.53 Å². The van der Waals surface area contributed by atoms with Gasteiger partial charge in [0.25, 0.3) is 0 Å². The number of carbonyl (C=O) groups excluding carboxylic acids is 2. The predicted octanol–water partition coefficient (Wildman–Crippen LogP) is 2.65. The summed E-state index contributed by atoms with van der Waals surface area (Å²) in [6, 6.07) is 7.64. The number of hydrogen-bond donors (Lipinski definition) is 0. The summed E-state index contributed by atoms with van der Waals surface area (Å²) in [5.74, 6) is -0.690. The molecule has 2 aromatic rings. The molecule has 1 aromatic heterocycles. The first kappa shape index (κ1) is 10.8. The van der Waals surface area contributed by atoms with Gasteiger partial charge in [0, 0.05) is 21.0 Å². The molecule has 1 heterocycles. The molecule has 0 N–H and O–H groups in total. The molecule has 0 amide bonds. The number of benzene rings is 1. The molecule has 4 heteroatoms. The van der Waals surface area contributed by atoms with Crippen LogP contribution in [0.15, 0.2) is 29.6 Å². The van der Waals surface area contributed by atoms with E-state index in [2.05, 4.69) is 4.74 Å². The zero-order chi connectivity index (χ0) is 11.5. The Balaban J connectivity index is 2.33. The minimum Gasteiger partial charge on any atom is -0.469 e. The lowest BCUT2D eigenvalue weighted by Crippen LogP contribution is -2.08. The molecule has 0 fully saturated rings. The Labute approximate surface area is 96.6 Å². The van der Waals surface area contributed by atoms with Crippen LogP contribution in [0.4, 0.5) is 0 Å². The topological polar surface area (TPSA) is 43.4 Å². The number of Topliss-reactive ketones (excluding diaryl/α,β-unsaturated/α-hetero) is 1.